The highest BCUT2D eigenvalue weighted by Gasteiger charge is 2.03. The van der Waals surface area contributed by atoms with Crippen molar-refractivity contribution in [3.8, 4) is 16.9 Å². The molecule has 16 heavy (non-hydrogen) atoms. The standard InChI is InChI=1S/C14H13IO/c1-2-16-14-9-8-12(10-13(14)15)11-6-4-3-5-7-11/h3-10H,2H2,1H3. The number of halogens is 1. The van der Waals surface area contributed by atoms with E-state index >= 15 is 0 Å². The molecule has 0 atom stereocenters. The lowest BCUT2D eigenvalue weighted by Crippen LogP contribution is -1.93. The van der Waals surface area contributed by atoms with Gasteiger partial charge in [0.2, 0.25) is 0 Å². The van der Waals surface area contributed by atoms with E-state index in [-0.39, 0.29) is 0 Å². The normalized spacial score (nSPS) is 10.1. The molecule has 0 aromatic heterocycles. The minimum absolute atomic E-state index is 0.709. The molecule has 82 valence electrons. The van der Waals surface area contributed by atoms with E-state index in [1.165, 1.54) is 11.1 Å². The molecule has 0 fully saturated rings. The van der Waals surface area contributed by atoms with Gasteiger partial charge in [0.1, 0.15) is 5.75 Å². The predicted octanol–water partition coefficient (Wildman–Crippen LogP) is 4.36. The Morgan fingerprint density at radius 1 is 1.00 bits per heavy atom. The Labute approximate surface area is 110 Å². The van der Waals surface area contributed by atoms with Gasteiger partial charge in [-0.05, 0) is 52.8 Å². The van der Waals surface area contributed by atoms with Crippen LogP contribution in [0.1, 0.15) is 6.92 Å². The molecular formula is C14H13IO. The summed E-state index contributed by atoms with van der Waals surface area (Å²) in [6.07, 6.45) is 0. The maximum atomic E-state index is 5.52. The maximum absolute atomic E-state index is 5.52. The van der Waals surface area contributed by atoms with Crippen molar-refractivity contribution in [1.29, 1.82) is 0 Å². The number of hydrogen-bond donors (Lipinski definition) is 0. The van der Waals surface area contributed by atoms with Gasteiger partial charge in [-0.3, -0.25) is 0 Å². The van der Waals surface area contributed by atoms with E-state index in [9.17, 15) is 0 Å². The molecule has 1 nitrogen and oxygen atoms in total. The molecule has 0 saturated heterocycles. The fraction of sp³-hybridized carbons (Fsp3) is 0.143. The van der Waals surface area contributed by atoms with Crippen LogP contribution >= 0.6 is 22.6 Å². The third kappa shape index (κ3) is 2.55. The fourth-order valence-electron chi connectivity index (χ4n) is 1.58. The zero-order valence-corrected chi connectivity index (χ0v) is 11.3. The molecule has 0 spiro atoms. The van der Waals surface area contributed by atoms with E-state index in [4.69, 9.17) is 4.74 Å². The van der Waals surface area contributed by atoms with E-state index in [0.717, 1.165) is 9.32 Å². The SMILES string of the molecule is CCOc1ccc(-c2ccccc2)cc1I. The van der Waals surface area contributed by atoms with E-state index < -0.39 is 0 Å². The molecule has 0 saturated carbocycles. The summed E-state index contributed by atoms with van der Waals surface area (Å²) < 4.78 is 6.67. The first-order chi connectivity index (χ1) is 7.81. The molecule has 0 radical (unpaired) electrons. The van der Waals surface area contributed by atoms with Crippen LogP contribution in [0, 0.1) is 3.57 Å². The Morgan fingerprint density at radius 3 is 2.38 bits per heavy atom. The van der Waals surface area contributed by atoms with E-state index in [0.29, 0.717) is 6.61 Å². The zero-order chi connectivity index (χ0) is 11.4. The second-order valence-corrected chi connectivity index (χ2v) is 4.61. The van der Waals surface area contributed by atoms with Crippen LogP contribution in [0.5, 0.6) is 5.75 Å². The van der Waals surface area contributed by atoms with Gasteiger partial charge in [-0.1, -0.05) is 36.4 Å². The van der Waals surface area contributed by atoms with Crippen molar-refractivity contribution < 1.29 is 4.74 Å². The van der Waals surface area contributed by atoms with Crippen LogP contribution in [-0.2, 0) is 0 Å². The van der Waals surface area contributed by atoms with E-state index in [1.807, 2.05) is 19.1 Å². The minimum atomic E-state index is 0.709. The Balaban J connectivity index is 2.35. The van der Waals surface area contributed by atoms with Crippen molar-refractivity contribution in [3.63, 3.8) is 0 Å². The number of rotatable bonds is 3. The van der Waals surface area contributed by atoms with Gasteiger partial charge in [0.15, 0.2) is 0 Å². The highest BCUT2D eigenvalue weighted by atomic mass is 127. The lowest BCUT2D eigenvalue weighted by Gasteiger charge is -2.08. The van der Waals surface area contributed by atoms with Crippen molar-refractivity contribution in [2.75, 3.05) is 6.61 Å². The number of hydrogen-bond acceptors (Lipinski definition) is 1. The van der Waals surface area contributed by atoms with Crippen LogP contribution < -0.4 is 4.74 Å². The summed E-state index contributed by atoms with van der Waals surface area (Å²) in [6, 6.07) is 16.7. The first-order valence-corrected chi connectivity index (χ1v) is 6.37. The summed E-state index contributed by atoms with van der Waals surface area (Å²) in [5.41, 5.74) is 2.47. The van der Waals surface area contributed by atoms with E-state index in [2.05, 4.69) is 59.0 Å². The first kappa shape index (κ1) is 11.5. The lowest BCUT2D eigenvalue weighted by atomic mass is 10.1. The molecule has 0 heterocycles. The van der Waals surface area contributed by atoms with Crippen LogP contribution in [-0.4, -0.2) is 6.61 Å². The zero-order valence-electron chi connectivity index (χ0n) is 9.11. The Bertz CT molecular complexity index is 465. The molecule has 0 N–H and O–H groups in total. The summed E-state index contributed by atoms with van der Waals surface area (Å²) in [6.45, 7) is 2.71. The molecule has 0 aliphatic carbocycles. The topological polar surface area (TPSA) is 9.23 Å². The van der Waals surface area contributed by atoms with Crippen LogP contribution in [0.25, 0.3) is 11.1 Å². The fourth-order valence-corrected chi connectivity index (χ4v) is 2.25. The van der Waals surface area contributed by atoms with E-state index in [1.54, 1.807) is 0 Å². The average Bonchev–Trinajstić information content (AvgIpc) is 2.33. The molecule has 0 unspecified atom stereocenters. The van der Waals surface area contributed by atoms with Gasteiger partial charge in [0, 0.05) is 0 Å². The molecule has 0 aliphatic heterocycles. The van der Waals surface area contributed by atoms with Crippen LogP contribution in [0.2, 0.25) is 0 Å². The summed E-state index contributed by atoms with van der Waals surface area (Å²) in [5.74, 6) is 0.961. The van der Waals surface area contributed by atoms with Crippen molar-refractivity contribution in [1.82, 2.24) is 0 Å². The quantitative estimate of drug-likeness (QED) is 0.763. The van der Waals surface area contributed by atoms with Gasteiger partial charge in [-0.25, -0.2) is 0 Å². The van der Waals surface area contributed by atoms with Gasteiger partial charge < -0.3 is 4.74 Å². The van der Waals surface area contributed by atoms with Gasteiger partial charge in [0.05, 0.1) is 10.2 Å². The Morgan fingerprint density at radius 2 is 1.75 bits per heavy atom. The monoisotopic (exact) mass is 324 g/mol. The van der Waals surface area contributed by atoms with Crippen LogP contribution in [0.3, 0.4) is 0 Å². The van der Waals surface area contributed by atoms with Crippen molar-refractivity contribution in [3.05, 3.63) is 52.1 Å². The second kappa shape index (κ2) is 5.34. The third-order valence-corrected chi connectivity index (χ3v) is 3.18. The highest BCUT2D eigenvalue weighted by Crippen LogP contribution is 2.27. The van der Waals surface area contributed by atoms with Crippen LogP contribution in [0.4, 0.5) is 0 Å². The smallest absolute Gasteiger partial charge is 0.132 e. The highest BCUT2D eigenvalue weighted by molar-refractivity contribution is 14.1. The minimum Gasteiger partial charge on any atom is -0.493 e. The van der Waals surface area contributed by atoms with Gasteiger partial charge in [-0.15, -0.1) is 0 Å². The van der Waals surface area contributed by atoms with Gasteiger partial charge >= 0.3 is 0 Å². The Hall–Kier alpha value is -1.03. The molecule has 2 aromatic carbocycles. The second-order valence-electron chi connectivity index (χ2n) is 3.44. The average molecular weight is 324 g/mol. The third-order valence-electron chi connectivity index (χ3n) is 2.34. The molecule has 0 aliphatic rings. The summed E-state index contributed by atoms with van der Waals surface area (Å²) in [5, 5.41) is 0. The molecule has 2 aromatic rings. The summed E-state index contributed by atoms with van der Waals surface area (Å²) in [7, 11) is 0. The predicted molar refractivity (Wildman–Crippen MR) is 75.8 cm³/mol. The molecule has 2 rings (SSSR count). The maximum Gasteiger partial charge on any atom is 0.132 e. The molecule has 2 heteroatoms. The molecular weight excluding hydrogens is 311 g/mol. The largest absolute Gasteiger partial charge is 0.493 e. The summed E-state index contributed by atoms with van der Waals surface area (Å²) >= 11 is 2.31. The van der Waals surface area contributed by atoms with Crippen molar-refractivity contribution in [2.24, 2.45) is 0 Å². The molecule has 0 bridgehead atoms. The van der Waals surface area contributed by atoms with Gasteiger partial charge in [0.25, 0.3) is 0 Å². The number of benzene rings is 2. The number of ether oxygens (including phenoxy) is 1. The van der Waals surface area contributed by atoms with Crippen molar-refractivity contribution in [2.45, 2.75) is 6.92 Å². The first-order valence-electron chi connectivity index (χ1n) is 5.29. The Kier molecular flexibility index (Phi) is 3.83. The van der Waals surface area contributed by atoms with Gasteiger partial charge in [-0.2, -0.15) is 0 Å². The van der Waals surface area contributed by atoms with Crippen LogP contribution in [0.15, 0.2) is 48.5 Å². The molecule has 0 amide bonds. The lowest BCUT2D eigenvalue weighted by molar-refractivity contribution is 0.338. The summed E-state index contributed by atoms with van der Waals surface area (Å²) in [4.78, 5) is 0. The van der Waals surface area contributed by atoms with Crippen molar-refractivity contribution >= 4 is 22.6 Å².